The van der Waals surface area contributed by atoms with E-state index in [0.717, 1.165) is 4.96 Å². The van der Waals surface area contributed by atoms with Crippen LogP contribution >= 0.6 is 11.3 Å². The molecule has 0 saturated heterocycles. The summed E-state index contributed by atoms with van der Waals surface area (Å²) in [6.07, 6.45) is 3.93. The van der Waals surface area contributed by atoms with Gasteiger partial charge in [0.2, 0.25) is 5.91 Å². The van der Waals surface area contributed by atoms with E-state index in [1.165, 1.54) is 11.3 Å². The molecule has 146 valence electrons. The van der Waals surface area contributed by atoms with E-state index in [4.69, 9.17) is 4.74 Å². The van der Waals surface area contributed by atoms with Crippen molar-refractivity contribution in [3.8, 4) is 5.75 Å². The number of thiazole rings is 1. The van der Waals surface area contributed by atoms with E-state index in [1.807, 2.05) is 34.3 Å². The molecule has 7 nitrogen and oxygen atoms in total. The van der Waals surface area contributed by atoms with Crippen LogP contribution in [-0.4, -0.2) is 28.3 Å². The van der Waals surface area contributed by atoms with Crippen LogP contribution in [0.3, 0.4) is 0 Å². The number of ether oxygens (including phenoxy) is 1. The zero-order valence-corrected chi connectivity index (χ0v) is 16.4. The quantitative estimate of drug-likeness (QED) is 0.510. The minimum atomic E-state index is -0.259. The third kappa shape index (κ3) is 4.27. The van der Waals surface area contributed by atoms with Crippen LogP contribution in [0, 0.1) is 0 Å². The van der Waals surface area contributed by atoms with Crippen molar-refractivity contribution in [1.82, 2.24) is 9.38 Å². The summed E-state index contributed by atoms with van der Waals surface area (Å²) in [6.45, 7) is 0. The van der Waals surface area contributed by atoms with Crippen LogP contribution < -0.4 is 15.4 Å². The summed E-state index contributed by atoms with van der Waals surface area (Å²) in [7, 11) is 1.55. The van der Waals surface area contributed by atoms with E-state index >= 15 is 0 Å². The Morgan fingerprint density at radius 1 is 1.10 bits per heavy atom. The van der Waals surface area contributed by atoms with Gasteiger partial charge >= 0.3 is 0 Å². The maximum atomic E-state index is 12.5. The van der Waals surface area contributed by atoms with Crippen LogP contribution in [0.25, 0.3) is 4.96 Å². The maximum absolute atomic E-state index is 12.5. The van der Waals surface area contributed by atoms with E-state index in [0.29, 0.717) is 28.4 Å². The predicted octanol–water partition coefficient (Wildman–Crippen LogP) is 3.84. The number of anilines is 2. The van der Waals surface area contributed by atoms with Crippen LogP contribution in [0.5, 0.6) is 5.75 Å². The second-order valence-corrected chi connectivity index (χ2v) is 7.15. The molecule has 0 aliphatic rings. The second kappa shape index (κ2) is 8.15. The number of hydrogen-bond acceptors (Lipinski definition) is 5. The Balaban J connectivity index is 1.37. The Kier molecular flexibility index (Phi) is 5.26. The molecule has 4 rings (SSSR count). The van der Waals surface area contributed by atoms with Gasteiger partial charge in [0.15, 0.2) is 4.96 Å². The van der Waals surface area contributed by atoms with Gasteiger partial charge in [-0.25, -0.2) is 4.98 Å². The van der Waals surface area contributed by atoms with Crippen LogP contribution in [-0.2, 0) is 11.2 Å². The standard InChI is InChI=1S/C21H18N4O3S/c1-28-18-5-3-2-4-17(18)24-20(27)14-6-8-15(9-7-14)22-19(26)12-16-13-25-10-11-29-21(25)23-16/h2-11,13H,12H2,1H3,(H,22,26)(H,24,27). The monoisotopic (exact) mass is 406 g/mol. The molecule has 2 aromatic carbocycles. The Bertz CT molecular complexity index is 1140. The highest BCUT2D eigenvalue weighted by Gasteiger charge is 2.11. The lowest BCUT2D eigenvalue weighted by atomic mass is 10.1. The summed E-state index contributed by atoms with van der Waals surface area (Å²) in [4.78, 5) is 30.0. The van der Waals surface area contributed by atoms with Gasteiger partial charge in [0.25, 0.3) is 5.91 Å². The Morgan fingerprint density at radius 2 is 1.90 bits per heavy atom. The molecule has 0 aliphatic carbocycles. The SMILES string of the molecule is COc1ccccc1NC(=O)c1ccc(NC(=O)Cc2cn3ccsc3n2)cc1. The van der Waals surface area contributed by atoms with E-state index in [1.54, 1.807) is 43.5 Å². The highest BCUT2D eigenvalue weighted by Crippen LogP contribution is 2.24. The average molecular weight is 406 g/mol. The van der Waals surface area contributed by atoms with Gasteiger partial charge in [0, 0.05) is 29.0 Å². The third-order valence-electron chi connectivity index (χ3n) is 4.27. The van der Waals surface area contributed by atoms with Gasteiger partial charge in [-0.15, -0.1) is 11.3 Å². The van der Waals surface area contributed by atoms with Crippen LogP contribution in [0.1, 0.15) is 16.1 Å². The lowest BCUT2D eigenvalue weighted by molar-refractivity contribution is -0.115. The Labute approximate surface area is 171 Å². The molecule has 0 aliphatic heterocycles. The third-order valence-corrected chi connectivity index (χ3v) is 5.04. The van der Waals surface area contributed by atoms with Crippen molar-refractivity contribution in [2.24, 2.45) is 0 Å². The first-order valence-corrected chi connectivity index (χ1v) is 9.76. The molecule has 4 aromatic rings. The molecule has 0 unspecified atom stereocenters. The average Bonchev–Trinajstić information content (AvgIpc) is 3.30. The van der Waals surface area contributed by atoms with E-state index in [-0.39, 0.29) is 18.2 Å². The largest absolute Gasteiger partial charge is 0.495 e. The normalized spacial score (nSPS) is 10.7. The van der Waals surface area contributed by atoms with Gasteiger partial charge in [-0.2, -0.15) is 0 Å². The lowest BCUT2D eigenvalue weighted by Crippen LogP contribution is -2.15. The number of para-hydroxylation sites is 2. The van der Waals surface area contributed by atoms with Crippen molar-refractivity contribution in [1.29, 1.82) is 0 Å². The van der Waals surface area contributed by atoms with Crippen molar-refractivity contribution in [3.63, 3.8) is 0 Å². The van der Waals surface area contributed by atoms with E-state index in [9.17, 15) is 9.59 Å². The van der Waals surface area contributed by atoms with Gasteiger partial charge in [-0.05, 0) is 36.4 Å². The number of hydrogen-bond donors (Lipinski definition) is 2. The van der Waals surface area contributed by atoms with Crippen molar-refractivity contribution < 1.29 is 14.3 Å². The first-order chi connectivity index (χ1) is 14.1. The van der Waals surface area contributed by atoms with Crippen LogP contribution in [0.15, 0.2) is 66.3 Å². The number of aromatic nitrogens is 2. The number of fused-ring (bicyclic) bond motifs is 1. The number of benzene rings is 2. The molecule has 0 saturated carbocycles. The fourth-order valence-electron chi connectivity index (χ4n) is 2.88. The summed E-state index contributed by atoms with van der Waals surface area (Å²) in [5, 5.41) is 7.59. The zero-order chi connectivity index (χ0) is 20.2. The van der Waals surface area contributed by atoms with Crippen molar-refractivity contribution in [3.05, 3.63) is 77.6 Å². The van der Waals surface area contributed by atoms with Gasteiger partial charge in [0.1, 0.15) is 5.75 Å². The predicted molar refractivity (Wildman–Crippen MR) is 113 cm³/mol. The highest BCUT2D eigenvalue weighted by atomic mass is 32.1. The molecule has 29 heavy (non-hydrogen) atoms. The minimum Gasteiger partial charge on any atom is -0.495 e. The smallest absolute Gasteiger partial charge is 0.255 e. The highest BCUT2D eigenvalue weighted by molar-refractivity contribution is 7.15. The topological polar surface area (TPSA) is 84.7 Å². The van der Waals surface area contributed by atoms with Gasteiger partial charge < -0.3 is 15.4 Å². The number of carbonyl (C=O) groups is 2. The molecule has 2 heterocycles. The molecule has 0 radical (unpaired) electrons. The number of methoxy groups -OCH3 is 1. The maximum Gasteiger partial charge on any atom is 0.255 e. The second-order valence-electron chi connectivity index (χ2n) is 6.28. The Hall–Kier alpha value is -3.65. The van der Waals surface area contributed by atoms with Crippen molar-refractivity contribution in [2.75, 3.05) is 17.7 Å². The molecule has 2 N–H and O–H groups in total. The fourth-order valence-corrected chi connectivity index (χ4v) is 3.60. The van der Waals surface area contributed by atoms with Crippen LogP contribution in [0.4, 0.5) is 11.4 Å². The minimum absolute atomic E-state index is 0.165. The molecular weight excluding hydrogens is 388 g/mol. The molecule has 8 heteroatoms. The molecular formula is C21H18N4O3S. The van der Waals surface area contributed by atoms with Gasteiger partial charge in [-0.3, -0.25) is 14.0 Å². The lowest BCUT2D eigenvalue weighted by Gasteiger charge is -2.10. The first-order valence-electron chi connectivity index (χ1n) is 8.88. The molecule has 0 bridgehead atoms. The molecule has 0 atom stereocenters. The number of carbonyl (C=O) groups excluding carboxylic acids is 2. The van der Waals surface area contributed by atoms with Crippen LogP contribution in [0.2, 0.25) is 0 Å². The van der Waals surface area contributed by atoms with Gasteiger partial charge in [0.05, 0.1) is 24.9 Å². The van der Waals surface area contributed by atoms with E-state index in [2.05, 4.69) is 15.6 Å². The first kappa shape index (κ1) is 18.7. The number of rotatable bonds is 6. The van der Waals surface area contributed by atoms with Gasteiger partial charge in [-0.1, -0.05) is 12.1 Å². The van der Waals surface area contributed by atoms with Crippen molar-refractivity contribution in [2.45, 2.75) is 6.42 Å². The number of amides is 2. The molecule has 2 amide bonds. The van der Waals surface area contributed by atoms with Crippen molar-refractivity contribution >= 4 is 39.5 Å². The van der Waals surface area contributed by atoms with E-state index < -0.39 is 0 Å². The zero-order valence-electron chi connectivity index (χ0n) is 15.6. The summed E-state index contributed by atoms with van der Waals surface area (Å²) < 4.78 is 7.13. The molecule has 0 fully saturated rings. The molecule has 0 spiro atoms. The molecule has 2 aromatic heterocycles. The summed E-state index contributed by atoms with van der Waals surface area (Å²) >= 11 is 1.52. The summed E-state index contributed by atoms with van der Waals surface area (Å²) in [6, 6.07) is 13.9. The number of imidazole rings is 1. The summed E-state index contributed by atoms with van der Waals surface area (Å²) in [5.41, 5.74) is 2.40. The number of nitrogens with one attached hydrogen (secondary N) is 2. The number of nitrogens with zero attached hydrogens (tertiary/aromatic N) is 2. The fraction of sp³-hybridized carbons (Fsp3) is 0.0952. The summed E-state index contributed by atoms with van der Waals surface area (Å²) in [5.74, 6) is 0.163. The Morgan fingerprint density at radius 3 is 2.66 bits per heavy atom.